The number of hydrogen-bond acceptors (Lipinski definition) is 4. The number of hydrogen-bond donors (Lipinski definition) is 4. The molecular formula is C22H26N4O3. The number of benzene rings is 2. The molecule has 2 aromatic carbocycles. The molecule has 3 amide bonds. The lowest BCUT2D eigenvalue weighted by atomic mass is 9.69. The fourth-order valence-corrected chi connectivity index (χ4v) is 4.37. The molecule has 7 nitrogen and oxygen atoms in total. The van der Waals surface area contributed by atoms with Gasteiger partial charge in [0.05, 0.1) is 0 Å². The van der Waals surface area contributed by atoms with Crippen molar-refractivity contribution in [3.05, 3.63) is 69.8 Å². The second-order valence-electron chi connectivity index (χ2n) is 7.29. The van der Waals surface area contributed by atoms with Crippen LogP contribution in [-0.2, 0) is 45.7 Å². The first kappa shape index (κ1) is 20.5. The van der Waals surface area contributed by atoms with E-state index in [0.717, 1.165) is 46.2 Å². The Balaban J connectivity index is 2.16. The molecule has 6 N–H and O–H groups in total. The molecule has 0 radical (unpaired) electrons. The zero-order valence-corrected chi connectivity index (χ0v) is 16.2. The van der Waals surface area contributed by atoms with Crippen molar-refractivity contribution in [3.63, 3.8) is 0 Å². The SMILES string of the molecule is NCCC1(C(N)=O)c2ccc(CNC=O)cc2CCc2cc(CNC=O)ccc21. The van der Waals surface area contributed by atoms with Crippen LogP contribution in [0.4, 0.5) is 0 Å². The van der Waals surface area contributed by atoms with Gasteiger partial charge in [-0.1, -0.05) is 36.4 Å². The minimum Gasteiger partial charge on any atom is -0.369 e. The van der Waals surface area contributed by atoms with E-state index in [1.807, 2.05) is 36.4 Å². The largest absolute Gasteiger partial charge is 0.369 e. The van der Waals surface area contributed by atoms with Crippen molar-refractivity contribution in [3.8, 4) is 0 Å². The van der Waals surface area contributed by atoms with Crippen molar-refractivity contribution in [1.82, 2.24) is 10.6 Å². The molecule has 0 unspecified atom stereocenters. The van der Waals surface area contributed by atoms with Crippen LogP contribution in [0.5, 0.6) is 0 Å². The minimum absolute atomic E-state index is 0.310. The molecule has 0 fully saturated rings. The summed E-state index contributed by atoms with van der Waals surface area (Å²) in [5, 5.41) is 5.34. The summed E-state index contributed by atoms with van der Waals surface area (Å²) < 4.78 is 0. The van der Waals surface area contributed by atoms with E-state index in [1.54, 1.807) is 0 Å². The third-order valence-electron chi connectivity index (χ3n) is 5.64. The first-order valence-corrected chi connectivity index (χ1v) is 9.65. The van der Waals surface area contributed by atoms with E-state index in [4.69, 9.17) is 11.5 Å². The lowest BCUT2D eigenvalue weighted by Gasteiger charge is -2.33. The molecule has 2 aromatic rings. The Labute approximate surface area is 169 Å². The van der Waals surface area contributed by atoms with Crippen LogP contribution in [0, 0.1) is 0 Å². The second-order valence-corrected chi connectivity index (χ2v) is 7.29. The molecule has 0 saturated heterocycles. The predicted octanol–water partition coefficient (Wildman–Crippen LogP) is 0.397. The summed E-state index contributed by atoms with van der Waals surface area (Å²) in [6, 6.07) is 11.8. The molecule has 0 atom stereocenters. The molecule has 1 aliphatic rings. The molecule has 29 heavy (non-hydrogen) atoms. The zero-order valence-electron chi connectivity index (χ0n) is 16.2. The van der Waals surface area contributed by atoms with Gasteiger partial charge in [0.25, 0.3) is 0 Å². The smallest absolute Gasteiger partial charge is 0.232 e. The lowest BCUT2D eigenvalue weighted by molar-refractivity contribution is -0.122. The van der Waals surface area contributed by atoms with Crippen LogP contribution in [0.15, 0.2) is 36.4 Å². The van der Waals surface area contributed by atoms with Crippen molar-refractivity contribution in [2.45, 2.75) is 37.8 Å². The summed E-state index contributed by atoms with van der Waals surface area (Å²) in [5.74, 6) is -0.426. The van der Waals surface area contributed by atoms with Gasteiger partial charge in [0, 0.05) is 13.1 Å². The standard InChI is InChI=1S/C22H26N4O3/c23-8-7-22(21(24)29)19-5-1-15(11-25-13-27)9-17(19)3-4-18-10-16(12-26-14-28)2-6-20(18)22/h1-2,5-6,9-10,13-14H,3-4,7-8,11-12,23H2,(H2,24,29)(H,25,27)(H,26,28). The quantitative estimate of drug-likeness (QED) is 0.459. The molecule has 0 aliphatic heterocycles. The lowest BCUT2D eigenvalue weighted by Crippen LogP contribution is -2.44. The fourth-order valence-electron chi connectivity index (χ4n) is 4.37. The van der Waals surface area contributed by atoms with E-state index >= 15 is 0 Å². The van der Waals surface area contributed by atoms with E-state index in [0.29, 0.717) is 38.9 Å². The number of rotatable bonds is 9. The number of nitrogens with two attached hydrogens (primary N) is 2. The molecular weight excluding hydrogens is 368 g/mol. The third-order valence-corrected chi connectivity index (χ3v) is 5.64. The van der Waals surface area contributed by atoms with Gasteiger partial charge in [-0.25, -0.2) is 0 Å². The molecule has 1 aliphatic carbocycles. The summed E-state index contributed by atoms with van der Waals surface area (Å²) in [4.78, 5) is 34.2. The van der Waals surface area contributed by atoms with Crippen LogP contribution in [0.1, 0.15) is 39.8 Å². The molecule has 0 saturated carbocycles. The van der Waals surface area contributed by atoms with E-state index in [2.05, 4.69) is 10.6 Å². The summed E-state index contributed by atoms with van der Waals surface area (Å²) in [6.07, 6.45) is 3.21. The molecule has 152 valence electrons. The maximum absolute atomic E-state index is 12.9. The Morgan fingerprint density at radius 1 is 0.931 bits per heavy atom. The van der Waals surface area contributed by atoms with Crippen LogP contribution in [0.2, 0.25) is 0 Å². The summed E-state index contributed by atoms with van der Waals surface area (Å²) in [5.41, 5.74) is 16.7. The van der Waals surface area contributed by atoms with E-state index in [-0.39, 0.29) is 0 Å². The number of fused-ring (bicyclic) bond motifs is 2. The van der Waals surface area contributed by atoms with Crippen LogP contribution < -0.4 is 22.1 Å². The van der Waals surface area contributed by atoms with E-state index < -0.39 is 11.3 Å². The van der Waals surface area contributed by atoms with Crippen LogP contribution in [0.3, 0.4) is 0 Å². The Hall–Kier alpha value is -3.19. The number of aryl methyl sites for hydroxylation is 2. The van der Waals surface area contributed by atoms with Gasteiger partial charge >= 0.3 is 0 Å². The Bertz CT molecular complexity index is 863. The molecule has 0 aromatic heterocycles. The van der Waals surface area contributed by atoms with Crippen LogP contribution in [0.25, 0.3) is 0 Å². The van der Waals surface area contributed by atoms with Gasteiger partial charge in [-0.15, -0.1) is 0 Å². The molecule has 0 bridgehead atoms. The summed E-state index contributed by atoms with van der Waals surface area (Å²) >= 11 is 0. The monoisotopic (exact) mass is 394 g/mol. The van der Waals surface area contributed by atoms with Gasteiger partial charge in [-0.2, -0.15) is 0 Å². The van der Waals surface area contributed by atoms with E-state index in [1.165, 1.54) is 0 Å². The number of nitrogens with one attached hydrogen (secondary N) is 2. The Kier molecular flexibility index (Phi) is 6.29. The van der Waals surface area contributed by atoms with Crippen molar-refractivity contribution < 1.29 is 14.4 Å². The highest BCUT2D eigenvalue weighted by atomic mass is 16.1. The predicted molar refractivity (Wildman–Crippen MR) is 110 cm³/mol. The van der Waals surface area contributed by atoms with Crippen molar-refractivity contribution in [1.29, 1.82) is 0 Å². The Morgan fingerprint density at radius 3 is 1.79 bits per heavy atom. The van der Waals surface area contributed by atoms with Crippen molar-refractivity contribution >= 4 is 18.7 Å². The minimum atomic E-state index is -1.01. The Morgan fingerprint density at radius 2 is 1.41 bits per heavy atom. The van der Waals surface area contributed by atoms with Gasteiger partial charge in [-0.3, -0.25) is 14.4 Å². The first-order valence-electron chi connectivity index (χ1n) is 9.65. The number of carbonyl (C=O) groups is 3. The van der Waals surface area contributed by atoms with Gasteiger partial charge in [0.15, 0.2) is 0 Å². The summed E-state index contributed by atoms with van der Waals surface area (Å²) in [7, 11) is 0. The molecule has 7 heteroatoms. The van der Waals surface area contributed by atoms with Crippen LogP contribution >= 0.6 is 0 Å². The topological polar surface area (TPSA) is 127 Å². The number of amides is 3. The first-order chi connectivity index (χ1) is 14.1. The van der Waals surface area contributed by atoms with Crippen LogP contribution in [-0.4, -0.2) is 25.3 Å². The third kappa shape index (κ3) is 3.86. The normalized spacial score (nSPS) is 14.1. The average molecular weight is 394 g/mol. The highest BCUT2D eigenvalue weighted by Gasteiger charge is 2.43. The highest BCUT2D eigenvalue weighted by Crippen LogP contribution is 2.42. The molecule has 3 rings (SSSR count). The number of carbonyl (C=O) groups excluding carboxylic acids is 3. The van der Waals surface area contributed by atoms with Gasteiger partial charge in [0.1, 0.15) is 5.41 Å². The molecule has 0 spiro atoms. The molecule has 0 heterocycles. The fraction of sp³-hybridized carbons (Fsp3) is 0.318. The van der Waals surface area contributed by atoms with Gasteiger partial charge in [0.2, 0.25) is 18.7 Å². The van der Waals surface area contributed by atoms with Crippen molar-refractivity contribution in [2.75, 3.05) is 6.54 Å². The maximum atomic E-state index is 12.9. The number of primary amides is 1. The second kappa shape index (κ2) is 8.87. The van der Waals surface area contributed by atoms with Gasteiger partial charge in [-0.05, 0) is 59.2 Å². The van der Waals surface area contributed by atoms with E-state index in [9.17, 15) is 14.4 Å². The summed E-state index contributed by atoms with van der Waals surface area (Å²) in [6.45, 7) is 1.15. The highest BCUT2D eigenvalue weighted by molar-refractivity contribution is 5.92. The zero-order chi connectivity index (χ0) is 20.9. The average Bonchev–Trinajstić information content (AvgIpc) is 2.86. The van der Waals surface area contributed by atoms with Crippen molar-refractivity contribution in [2.24, 2.45) is 11.5 Å². The van der Waals surface area contributed by atoms with Gasteiger partial charge < -0.3 is 22.1 Å². The maximum Gasteiger partial charge on any atom is 0.232 e.